The minimum Gasteiger partial charge on any atom is -0.481 e. The van der Waals surface area contributed by atoms with Gasteiger partial charge in [-0.15, -0.1) is 0 Å². The number of ether oxygens (including phenoxy) is 1. The molecule has 1 amide bonds. The minimum atomic E-state index is -0.933. The van der Waals surface area contributed by atoms with Gasteiger partial charge < -0.3 is 15.2 Å². The third-order valence-corrected chi connectivity index (χ3v) is 2.63. The van der Waals surface area contributed by atoms with Gasteiger partial charge in [0.1, 0.15) is 5.60 Å². The minimum absolute atomic E-state index is 0.0456. The molecule has 0 heterocycles. The van der Waals surface area contributed by atoms with E-state index in [-0.39, 0.29) is 6.54 Å². The number of hydrogen-bond donors (Lipinski definition) is 2. The summed E-state index contributed by atoms with van der Waals surface area (Å²) in [6.07, 6.45) is 6.60. The molecule has 5 heteroatoms. The van der Waals surface area contributed by atoms with Gasteiger partial charge in [0.05, 0.1) is 5.92 Å². The van der Waals surface area contributed by atoms with E-state index in [1.807, 2.05) is 18.2 Å². The van der Waals surface area contributed by atoms with Crippen molar-refractivity contribution in [2.75, 3.05) is 6.54 Å². The summed E-state index contributed by atoms with van der Waals surface area (Å²) in [5, 5.41) is 11.7. The van der Waals surface area contributed by atoms with Crippen LogP contribution in [0.3, 0.4) is 0 Å². The predicted molar refractivity (Wildman–Crippen MR) is 71.8 cm³/mol. The number of rotatable bonds is 4. The number of hydrogen-bond acceptors (Lipinski definition) is 3. The fourth-order valence-corrected chi connectivity index (χ4v) is 1.78. The second-order valence-corrected chi connectivity index (χ2v) is 5.46. The van der Waals surface area contributed by atoms with Crippen LogP contribution in [0.5, 0.6) is 0 Å². The number of amides is 1. The van der Waals surface area contributed by atoms with Crippen molar-refractivity contribution in [3.63, 3.8) is 0 Å². The van der Waals surface area contributed by atoms with Crippen molar-refractivity contribution in [2.24, 2.45) is 5.92 Å². The maximum Gasteiger partial charge on any atom is 0.407 e. The van der Waals surface area contributed by atoms with Gasteiger partial charge in [-0.05, 0) is 33.6 Å². The molecule has 2 N–H and O–H groups in total. The van der Waals surface area contributed by atoms with E-state index >= 15 is 0 Å². The Bertz CT molecular complexity index is 404. The first-order valence-electron chi connectivity index (χ1n) is 6.33. The molecule has 1 unspecified atom stereocenters. The first-order valence-corrected chi connectivity index (χ1v) is 6.33. The maximum atomic E-state index is 11.5. The van der Waals surface area contributed by atoms with E-state index in [0.29, 0.717) is 6.42 Å². The highest BCUT2D eigenvalue weighted by Crippen LogP contribution is 2.20. The summed E-state index contributed by atoms with van der Waals surface area (Å²) in [5.74, 6) is -1.63. The van der Waals surface area contributed by atoms with Crippen molar-refractivity contribution in [3.05, 3.63) is 23.8 Å². The lowest BCUT2D eigenvalue weighted by Gasteiger charge is -2.22. The molecule has 1 rings (SSSR count). The van der Waals surface area contributed by atoms with E-state index in [9.17, 15) is 14.7 Å². The number of nitrogens with one attached hydrogen (secondary N) is 1. The van der Waals surface area contributed by atoms with Crippen LogP contribution in [0.2, 0.25) is 0 Å². The molecule has 1 aliphatic carbocycles. The number of carboxylic acid groups (broad SMARTS) is 1. The summed E-state index contributed by atoms with van der Waals surface area (Å²) in [6, 6.07) is 0. The number of carbonyl (C=O) groups excluding carboxylic acids is 1. The van der Waals surface area contributed by atoms with E-state index < -0.39 is 23.6 Å². The Hall–Kier alpha value is -1.78. The maximum absolute atomic E-state index is 11.5. The molecule has 0 aromatic carbocycles. The van der Waals surface area contributed by atoms with Crippen LogP contribution >= 0.6 is 0 Å². The predicted octanol–water partition coefficient (Wildman–Crippen LogP) is 2.49. The van der Waals surface area contributed by atoms with Gasteiger partial charge in [-0.2, -0.15) is 0 Å². The molecule has 0 radical (unpaired) electrons. The zero-order valence-electron chi connectivity index (χ0n) is 11.6. The number of alkyl carbamates (subject to hydrolysis) is 1. The summed E-state index contributed by atoms with van der Waals surface area (Å²) in [5.41, 5.74) is 0.237. The average molecular weight is 267 g/mol. The molecule has 0 saturated heterocycles. The molecule has 106 valence electrons. The third-order valence-electron chi connectivity index (χ3n) is 2.63. The van der Waals surface area contributed by atoms with Crippen molar-refractivity contribution in [2.45, 2.75) is 39.2 Å². The average Bonchev–Trinajstić information content (AvgIpc) is 2.27. The fraction of sp³-hybridized carbons (Fsp3) is 0.571. The van der Waals surface area contributed by atoms with Crippen LogP contribution in [0.1, 0.15) is 33.6 Å². The van der Waals surface area contributed by atoms with Gasteiger partial charge in [-0.3, -0.25) is 4.79 Å². The number of carboxylic acids is 1. The van der Waals surface area contributed by atoms with Crippen molar-refractivity contribution in [1.82, 2.24) is 5.32 Å². The Morgan fingerprint density at radius 1 is 1.42 bits per heavy atom. The van der Waals surface area contributed by atoms with Gasteiger partial charge in [0.25, 0.3) is 0 Å². The van der Waals surface area contributed by atoms with Crippen molar-refractivity contribution in [3.8, 4) is 0 Å². The Morgan fingerprint density at radius 3 is 2.58 bits per heavy atom. The van der Waals surface area contributed by atoms with Crippen molar-refractivity contribution in [1.29, 1.82) is 0 Å². The lowest BCUT2D eigenvalue weighted by atomic mass is 9.92. The van der Waals surface area contributed by atoms with E-state index in [2.05, 4.69) is 5.32 Å². The monoisotopic (exact) mass is 267 g/mol. The van der Waals surface area contributed by atoms with Crippen LogP contribution in [0, 0.1) is 5.92 Å². The van der Waals surface area contributed by atoms with Crippen LogP contribution in [-0.4, -0.2) is 29.3 Å². The third kappa shape index (κ3) is 5.59. The topological polar surface area (TPSA) is 75.6 Å². The molecule has 0 aromatic rings. The van der Waals surface area contributed by atoms with Crippen LogP contribution < -0.4 is 5.32 Å². The van der Waals surface area contributed by atoms with E-state index in [1.54, 1.807) is 20.8 Å². The molecule has 0 saturated carbocycles. The molecular formula is C14H21NO4. The van der Waals surface area contributed by atoms with Gasteiger partial charge in [-0.1, -0.05) is 23.8 Å². The number of aliphatic carboxylic acids is 1. The van der Waals surface area contributed by atoms with Gasteiger partial charge in [0, 0.05) is 6.54 Å². The number of carbonyl (C=O) groups is 2. The Morgan fingerprint density at radius 2 is 2.11 bits per heavy atom. The highest BCUT2D eigenvalue weighted by Gasteiger charge is 2.24. The zero-order chi connectivity index (χ0) is 14.5. The van der Waals surface area contributed by atoms with E-state index in [1.165, 1.54) is 0 Å². The molecular weight excluding hydrogens is 246 g/mol. The summed E-state index contributed by atoms with van der Waals surface area (Å²) in [7, 11) is 0. The Balaban J connectivity index is 2.53. The summed E-state index contributed by atoms with van der Waals surface area (Å²) >= 11 is 0. The second kappa shape index (κ2) is 6.41. The number of allylic oxidation sites excluding steroid dienone is 3. The standard InChI is InChI=1S/C14H21NO4/c1-14(2,3)19-13(18)15-9-11(12(16)17)10-7-5-4-6-8-10/h4-5,8,11H,6-7,9H2,1-3H3,(H,15,18)(H,16,17). The first kappa shape index (κ1) is 15.3. The van der Waals surface area contributed by atoms with Crippen molar-refractivity contribution >= 4 is 12.1 Å². The fourth-order valence-electron chi connectivity index (χ4n) is 1.78. The normalized spacial score (nSPS) is 16.5. The second-order valence-electron chi connectivity index (χ2n) is 5.46. The molecule has 19 heavy (non-hydrogen) atoms. The van der Waals surface area contributed by atoms with Gasteiger partial charge in [0.15, 0.2) is 0 Å². The smallest absolute Gasteiger partial charge is 0.407 e. The summed E-state index contributed by atoms with van der Waals surface area (Å²) in [6.45, 7) is 5.32. The summed E-state index contributed by atoms with van der Waals surface area (Å²) in [4.78, 5) is 22.7. The molecule has 0 aromatic heterocycles. The highest BCUT2D eigenvalue weighted by atomic mass is 16.6. The Labute approximate surface area is 113 Å². The quantitative estimate of drug-likeness (QED) is 0.767. The van der Waals surface area contributed by atoms with Crippen LogP contribution in [0.4, 0.5) is 4.79 Å². The zero-order valence-corrected chi connectivity index (χ0v) is 11.6. The lowest BCUT2D eigenvalue weighted by Crippen LogP contribution is -2.37. The van der Waals surface area contributed by atoms with Gasteiger partial charge in [0.2, 0.25) is 0 Å². The molecule has 1 atom stereocenters. The van der Waals surface area contributed by atoms with E-state index in [4.69, 9.17) is 4.74 Å². The highest BCUT2D eigenvalue weighted by molar-refractivity contribution is 5.75. The first-order chi connectivity index (χ1) is 8.79. The molecule has 1 aliphatic rings. The largest absolute Gasteiger partial charge is 0.481 e. The lowest BCUT2D eigenvalue weighted by molar-refractivity contribution is -0.140. The SMILES string of the molecule is CC(C)(C)OC(=O)NCC(C(=O)O)C1=CCC=CC1. The Kier molecular flexibility index (Phi) is 5.15. The molecule has 0 aliphatic heterocycles. The van der Waals surface area contributed by atoms with Crippen LogP contribution in [0.25, 0.3) is 0 Å². The molecule has 5 nitrogen and oxygen atoms in total. The summed E-state index contributed by atoms with van der Waals surface area (Å²) < 4.78 is 5.08. The van der Waals surface area contributed by atoms with Crippen LogP contribution in [-0.2, 0) is 9.53 Å². The van der Waals surface area contributed by atoms with Gasteiger partial charge in [-0.25, -0.2) is 4.79 Å². The molecule has 0 spiro atoms. The van der Waals surface area contributed by atoms with Crippen molar-refractivity contribution < 1.29 is 19.4 Å². The molecule has 0 fully saturated rings. The van der Waals surface area contributed by atoms with E-state index in [0.717, 1.165) is 12.0 Å². The molecule has 0 bridgehead atoms. The van der Waals surface area contributed by atoms with Gasteiger partial charge >= 0.3 is 12.1 Å². The van der Waals surface area contributed by atoms with Crippen LogP contribution in [0.15, 0.2) is 23.8 Å².